The second-order valence-electron chi connectivity index (χ2n) is 4.34. The van der Waals surface area contributed by atoms with E-state index in [1.165, 1.54) is 13.1 Å². The lowest BCUT2D eigenvalue weighted by Crippen LogP contribution is -2.35. The van der Waals surface area contributed by atoms with Crippen molar-refractivity contribution >= 4 is 0 Å². The molecule has 1 fully saturated rings. The van der Waals surface area contributed by atoms with E-state index in [0.717, 1.165) is 24.8 Å². The predicted octanol–water partition coefficient (Wildman–Crippen LogP) is 1.31. The normalized spacial score (nSPS) is 34.0. The summed E-state index contributed by atoms with van der Waals surface area (Å²) in [7, 11) is 0. The van der Waals surface area contributed by atoms with Gasteiger partial charge in [0.25, 0.3) is 0 Å². The van der Waals surface area contributed by atoms with Gasteiger partial charge in [-0.25, -0.2) is 0 Å². The molecule has 0 bridgehead atoms. The standard InChI is InChI=1S/C10H22N2/c1-4-10(11)7-12-5-8(2)9(3)6-12/h8-10H,4-7,11H2,1-3H3/t8?,9?,10-/m1/s1. The van der Waals surface area contributed by atoms with Crippen LogP contribution in [0, 0.1) is 11.8 Å². The fraction of sp³-hybridized carbons (Fsp3) is 1.00. The molecule has 0 aromatic rings. The van der Waals surface area contributed by atoms with Crippen LogP contribution in [0.15, 0.2) is 0 Å². The zero-order valence-electron chi connectivity index (χ0n) is 8.59. The molecule has 0 aromatic carbocycles. The molecular formula is C10H22N2. The van der Waals surface area contributed by atoms with Crippen molar-refractivity contribution in [3.05, 3.63) is 0 Å². The van der Waals surface area contributed by atoms with E-state index in [0.29, 0.717) is 6.04 Å². The fourth-order valence-corrected chi connectivity index (χ4v) is 1.86. The van der Waals surface area contributed by atoms with Crippen molar-refractivity contribution in [1.29, 1.82) is 0 Å². The van der Waals surface area contributed by atoms with Crippen LogP contribution in [0.3, 0.4) is 0 Å². The molecule has 1 rings (SSSR count). The van der Waals surface area contributed by atoms with E-state index < -0.39 is 0 Å². The van der Waals surface area contributed by atoms with E-state index in [4.69, 9.17) is 5.73 Å². The van der Waals surface area contributed by atoms with Crippen LogP contribution in [-0.4, -0.2) is 30.6 Å². The number of hydrogen-bond donors (Lipinski definition) is 1. The van der Waals surface area contributed by atoms with E-state index in [2.05, 4.69) is 25.7 Å². The smallest absolute Gasteiger partial charge is 0.0165 e. The van der Waals surface area contributed by atoms with Crippen molar-refractivity contribution in [3.8, 4) is 0 Å². The molecule has 1 heterocycles. The second kappa shape index (κ2) is 4.24. The molecule has 2 N–H and O–H groups in total. The minimum Gasteiger partial charge on any atom is -0.327 e. The third-order valence-corrected chi connectivity index (χ3v) is 3.08. The minimum absolute atomic E-state index is 0.377. The lowest BCUT2D eigenvalue weighted by atomic mass is 10.0. The molecular weight excluding hydrogens is 148 g/mol. The molecule has 72 valence electrons. The molecule has 0 radical (unpaired) electrons. The Morgan fingerprint density at radius 1 is 1.33 bits per heavy atom. The van der Waals surface area contributed by atoms with Crippen LogP contribution >= 0.6 is 0 Å². The number of nitrogens with zero attached hydrogens (tertiary/aromatic N) is 1. The molecule has 0 amide bonds. The van der Waals surface area contributed by atoms with E-state index in [9.17, 15) is 0 Å². The van der Waals surface area contributed by atoms with Crippen LogP contribution < -0.4 is 5.73 Å². The Kier molecular flexibility index (Phi) is 3.53. The summed E-state index contributed by atoms with van der Waals surface area (Å²) in [6.07, 6.45) is 1.10. The zero-order chi connectivity index (χ0) is 9.14. The van der Waals surface area contributed by atoms with Crippen molar-refractivity contribution in [2.24, 2.45) is 17.6 Å². The maximum Gasteiger partial charge on any atom is 0.0165 e. The summed E-state index contributed by atoms with van der Waals surface area (Å²) in [6.45, 7) is 10.4. The average Bonchev–Trinajstić information content (AvgIpc) is 2.31. The highest BCUT2D eigenvalue weighted by molar-refractivity contribution is 4.80. The molecule has 1 saturated heterocycles. The first-order valence-corrected chi connectivity index (χ1v) is 5.11. The lowest BCUT2D eigenvalue weighted by Gasteiger charge is -2.19. The van der Waals surface area contributed by atoms with Gasteiger partial charge in [-0.1, -0.05) is 20.8 Å². The van der Waals surface area contributed by atoms with E-state index in [-0.39, 0.29) is 0 Å². The van der Waals surface area contributed by atoms with Crippen molar-refractivity contribution in [3.63, 3.8) is 0 Å². The van der Waals surface area contributed by atoms with Gasteiger partial charge in [-0.3, -0.25) is 0 Å². The fourth-order valence-electron chi connectivity index (χ4n) is 1.86. The van der Waals surface area contributed by atoms with Crippen molar-refractivity contribution in [1.82, 2.24) is 4.90 Å². The monoisotopic (exact) mass is 170 g/mol. The predicted molar refractivity (Wildman–Crippen MR) is 53.0 cm³/mol. The van der Waals surface area contributed by atoms with Gasteiger partial charge in [0.1, 0.15) is 0 Å². The first-order valence-electron chi connectivity index (χ1n) is 5.11. The van der Waals surface area contributed by atoms with E-state index >= 15 is 0 Å². The number of rotatable bonds is 3. The van der Waals surface area contributed by atoms with Gasteiger partial charge in [0, 0.05) is 25.7 Å². The quantitative estimate of drug-likeness (QED) is 0.692. The van der Waals surface area contributed by atoms with Crippen LogP contribution in [-0.2, 0) is 0 Å². The van der Waals surface area contributed by atoms with Gasteiger partial charge in [-0.05, 0) is 18.3 Å². The number of likely N-dealkylation sites (tertiary alicyclic amines) is 1. The van der Waals surface area contributed by atoms with Crippen LogP contribution in [0.2, 0.25) is 0 Å². The van der Waals surface area contributed by atoms with Crippen LogP contribution in [0.1, 0.15) is 27.2 Å². The van der Waals surface area contributed by atoms with Crippen LogP contribution in [0.5, 0.6) is 0 Å². The molecule has 0 aromatic heterocycles. The minimum atomic E-state index is 0.377. The van der Waals surface area contributed by atoms with Crippen molar-refractivity contribution < 1.29 is 0 Å². The number of hydrogen-bond acceptors (Lipinski definition) is 2. The summed E-state index contributed by atoms with van der Waals surface area (Å²) >= 11 is 0. The van der Waals surface area contributed by atoms with Crippen LogP contribution in [0.4, 0.5) is 0 Å². The summed E-state index contributed by atoms with van der Waals surface area (Å²) in [5, 5.41) is 0. The number of nitrogens with two attached hydrogens (primary N) is 1. The molecule has 2 nitrogen and oxygen atoms in total. The Balaban J connectivity index is 2.27. The maximum absolute atomic E-state index is 5.90. The zero-order valence-corrected chi connectivity index (χ0v) is 8.59. The Hall–Kier alpha value is -0.0800. The largest absolute Gasteiger partial charge is 0.327 e. The summed E-state index contributed by atoms with van der Waals surface area (Å²) in [6, 6.07) is 0.377. The first kappa shape index (κ1) is 10.0. The molecule has 1 aliphatic heterocycles. The van der Waals surface area contributed by atoms with Gasteiger partial charge in [-0.2, -0.15) is 0 Å². The molecule has 0 aliphatic carbocycles. The highest BCUT2D eigenvalue weighted by atomic mass is 15.2. The van der Waals surface area contributed by atoms with E-state index in [1.807, 2.05) is 0 Å². The molecule has 1 aliphatic rings. The topological polar surface area (TPSA) is 29.3 Å². The molecule has 0 spiro atoms. The Bertz CT molecular complexity index is 126. The molecule has 3 atom stereocenters. The highest BCUT2D eigenvalue weighted by Crippen LogP contribution is 2.21. The SMILES string of the molecule is CC[C@@H](N)CN1CC(C)C(C)C1. The third-order valence-electron chi connectivity index (χ3n) is 3.08. The Labute approximate surface area is 76.1 Å². The summed E-state index contributed by atoms with van der Waals surface area (Å²) in [5.41, 5.74) is 5.90. The molecule has 2 unspecified atom stereocenters. The van der Waals surface area contributed by atoms with E-state index in [1.54, 1.807) is 0 Å². The second-order valence-corrected chi connectivity index (χ2v) is 4.34. The Morgan fingerprint density at radius 2 is 1.83 bits per heavy atom. The Morgan fingerprint density at radius 3 is 2.25 bits per heavy atom. The van der Waals surface area contributed by atoms with Gasteiger partial charge in [-0.15, -0.1) is 0 Å². The molecule has 12 heavy (non-hydrogen) atoms. The summed E-state index contributed by atoms with van der Waals surface area (Å²) in [4.78, 5) is 2.50. The first-order chi connectivity index (χ1) is 5.63. The molecule has 0 saturated carbocycles. The van der Waals surface area contributed by atoms with Crippen LogP contribution in [0.25, 0.3) is 0 Å². The molecule has 2 heteroatoms. The van der Waals surface area contributed by atoms with Gasteiger partial charge in [0.05, 0.1) is 0 Å². The van der Waals surface area contributed by atoms with Gasteiger partial charge in [0.15, 0.2) is 0 Å². The van der Waals surface area contributed by atoms with Gasteiger partial charge in [0.2, 0.25) is 0 Å². The van der Waals surface area contributed by atoms with Gasteiger partial charge < -0.3 is 10.6 Å². The maximum atomic E-state index is 5.90. The lowest BCUT2D eigenvalue weighted by molar-refractivity contribution is 0.298. The average molecular weight is 170 g/mol. The highest BCUT2D eigenvalue weighted by Gasteiger charge is 2.26. The van der Waals surface area contributed by atoms with Crippen molar-refractivity contribution in [2.75, 3.05) is 19.6 Å². The summed E-state index contributed by atoms with van der Waals surface area (Å²) in [5.74, 6) is 1.71. The summed E-state index contributed by atoms with van der Waals surface area (Å²) < 4.78 is 0. The van der Waals surface area contributed by atoms with Crippen molar-refractivity contribution in [2.45, 2.75) is 33.2 Å². The third kappa shape index (κ3) is 2.46. The van der Waals surface area contributed by atoms with Gasteiger partial charge >= 0.3 is 0 Å².